The molecular formula is C31H32Cl3N5O5. The van der Waals surface area contributed by atoms with Crippen molar-refractivity contribution < 1.29 is 23.7 Å². The molecule has 3 aromatic carbocycles. The van der Waals surface area contributed by atoms with Gasteiger partial charge in [0.15, 0.2) is 0 Å². The van der Waals surface area contributed by atoms with Crippen LogP contribution in [0.1, 0.15) is 29.5 Å². The molecule has 4 rings (SSSR count). The van der Waals surface area contributed by atoms with Crippen LogP contribution in [0.15, 0.2) is 96.1 Å². The zero-order chi connectivity index (χ0) is 31.4. The van der Waals surface area contributed by atoms with Gasteiger partial charge >= 0.3 is 6.09 Å². The Labute approximate surface area is 270 Å². The van der Waals surface area contributed by atoms with Gasteiger partial charge in [0.25, 0.3) is 3.79 Å². The third kappa shape index (κ3) is 10.0. The van der Waals surface area contributed by atoms with E-state index in [0.29, 0.717) is 19.4 Å². The fourth-order valence-corrected chi connectivity index (χ4v) is 4.86. The van der Waals surface area contributed by atoms with Crippen molar-refractivity contribution in [2.24, 2.45) is 5.11 Å². The molecule has 0 aromatic heterocycles. The summed E-state index contributed by atoms with van der Waals surface area (Å²) in [6.45, 7) is 0.636. The molecule has 44 heavy (non-hydrogen) atoms. The molecule has 4 atom stereocenters. The van der Waals surface area contributed by atoms with E-state index in [9.17, 15) is 4.79 Å². The minimum Gasteiger partial charge on any atom is -0.448 e. The molecule has 1 aliphatic heterocycles. The van der Waals surface area contributed by atoms with Gasteiger partial charge in [0.2, 0.25) is 12.2 Å². The van der Waals surface area contributed by atoms with E-state index in [-0.39, 0.29) is 19.8 Å². The lowest BCUT2D eigenvalue weighted by molar-refractivity contribution is -0.187. The van der Waals surface area contributed by atoms with Crippen molar-refractivity contribution in [1.29, 1.82) is 5.41 Å². The average molecular weight is 661 g/mol. The maximum Gasteiger partial charge on any atom is 0.410 e. The topological polar surface area (TPSA) is 130 Å². The Morgan fingerprint density at radius 1 is 0.955 bits per heavy atom. The lowest BCUT2D eigenvalue weighted by atomic mass is 9.97. The van der Waals surface area contributed by atoms with Crippen LogP contribution in [0.3, 0.4) is 0 Å². The molecule has 0 saturated carbocycles. The normalized spacial score (nSPS) is 18.8. The summed E-state index contributed by atoms with van der Waals surface area (Å²) in [4.78, 5) is 18.3. The van der Waals surface area contributed by atoms with Crippen LogP contribution in [-0.2, 0) is 38.7 Å². The molecule has 1 saturated heterocycles. The van der Waals surface area contributed by atoms with Gasteiger partial charge in [-0.15, -0.1) is 0 Å². The predicted molar refractivity (Wildman–Crippen MR) is 168 cm³/mol. The summed E-state index contributed by atoms with van der Waals surface area (Å²) in [5, 5.41) is 11.8. The van der Waals surface area contributed by atoms with Gasteiger partial charge in [-0.3, -0.25) is 10.3 Å². The first-order chi connectivity index (χ1) is 21.2. The number of nitrogens with one attached hydrogen (secondary N) is 1. The molecule has 0 radical (unpaired) electrons. The number of halogens is 3. The monoisotopic (exact) mass is 659 g/mol. The second kappa shape index (κ2) is 16.5. The summed E-state index contributed by atoms with van der Waals surface area (Å²) in [5.41, 5.74) is 11.8. The summed E-state index contributed by atoms with van der Waals surface area (Å²) >= 11 is 17.6. The number of nitrogens with zero attached hydrogens (tertiary/aromatic N) is 4. The van der Waals surface area contributed by atoms with Gasteiger partial charge in [-0.25, -0.2) is 4.79 Å². The molecule has 1 amide bonds. The summed E-state index contributed by atoms with van der Waals surface area (Å²) in [6.07, 6.45) is -1.81. The zero-order valence-electron chi connectivity index (χ0n) is 23.7. The fourth-order valence-electron chi connectivity index (χ4n) is 4.72. The number of hydrogen-bond acceptors (Lipinski definition) is 7. The lowest BCUT2D eigenvalue weighted by Crippen LogP contribution is -2.54. The smallest absolute Gasteiger partial charge is 0.410 e. The van der Waals surface area contributed by atoms with Gasteiger partial charge in [0.1, 0.15) is 6.61 Å². The Morgan fingerprint density at radius 2 is 1.52 bits per heavy atom. The molecule has 3 aromatic rings. The Morgan fingerprint density at radius 3 is 2.09 bits per heavy atom. The lowest BCUT2D eigenvalue weighted by Gasteiger charge is -2.41. The molecule has 1 aliphatic rings. The van der Waals surface area contributed by atoms with E-state index in [1.54, 1.807) is 4.90 Å². The molecule has 0 bridgehead atoms. The van der Waals surface area contributed by atoms with E-state index in [1.165, 1.54) is 0 Å². The van der Waals surface area contributed by atoms with E-state index in [0.717, 1.165) is 16.7 Å². The minimum absolute atomic E-state index is 0.0686. The molecule has 1 fully saturated rings. The SMILES string of the molecule is [N-]=[N+]=NC1CCC([C@H](COCc2ccccc2)N(Cc2ccccc2)C(=O)OCc2ccccc2)OC1OC(=N)C(Cl)(Cl)Cl. The number of carbonyl (C=O) groups is 1. The van der Waals surface area contributed by atoms with Crippen LogP contribution in [0.5, 0.6) is 0 Å². The van der Waals surface area contributed by atoms with Crippen molar-refractivity contribution in [2.75, 3.05) is 6.61 Å². The Bertz CT molecular complexity index is 1390. The molecule has 13 heteroatoms. The molecular weight excluding hydrogens is 629 g/mol. The zero-order valence-corrected chi connectivity index (χ0v) is 25.9. The highest BCUT2D eigenvalue weighted by molar-refractivity contribution is 6.76. The maximum atomic E-state index is 13.8. The quantitative estimate of drug-likeness (QED) is 0.0526. The summed E-state index contributed by atoms with van der Waals surface area (Å²) in [5.74, 6) is -0.688. The van der Waals surface area contributed by atoms with Gasteiger partial charge in [-0.2, -0.15) is 0 Å². The number of azide groups is 1. The van der Waals surface area contributed by atoms with Crippen LogP contribution in [0, 0.1) is 5.41 Å². The van der Waals surface area contributed by atoms with E-state index in [2.05, 4.69) is 10.0 Å². The van der Waals surface area contributed by atoms with Gasteiger partial charge < -0.3 is 18.9 Å². The number of carbonyl (C=O) groups excluding carboxylic acids is 1. The number of alkyl halides is 3. The molecule has 0 spiro atoms. The average Bonchev–Trinajstić information content (AvgIpc) is 3.03. The van der Waals surface area contributed by atoms with Gasteiger partial charge in [-0.05, 0) is 35.1 Å². The number of amides is 1. The summed E-state index contributed by atoms with van der Waals surface area (Å²) < 4.78 is 21.6. The molecule has 10 nitrogen and oxygen atoms in total. The highest BCUT2D eigenvalue weighted by Crippen LogP contribution is 2.33. The number of hydrogen-bond donors (Lipinski definition) is 1. The molecule has 3 unspecified atom stereocenters. The second-order valence-corrected chi connectivity index (χ2v) is 12.3. The minimum atomic E-state index is -2.16. The molecule has 0 aliphatic carbocycles. The number of rotatable bonds is 12. The van der Waals surface area contributed by atoms with Crippen LogP contribution < -0.4 is 0 Å². The molecule has 232 valence electrons. The maximum absolute atomic E-state index is 13.8. The summed E-state index contributed by atoms with van der Waals surface area (Å²) in [7, 11) is 0. The highest BCUT2D eigenvalue weighted by Gasteiger charge is 2.42. The first-order valence-electron chi connectivity index (χ1n) is 13.9. The largest absolute Gasteiger partial charge is 0.448 e. The van der Waals surface area contributed by atoms with Gasteiger partial charge in [0.05, 0.1) is 31.4 Å². The molecule has 1 heterocycles. The predicted octanol–water partition coefficient (Wildman–Crippen LogP) is 7.96. The van der Waals surface area contributed by atoms with E-state index in [1.807, 2.05) is 91.0 Å². The van der Waals surface area contributed by atoms with Crippen LogP contribution in [0.2, 0.25) is 0 Å². The Balaban J connectivity index is 1.62. The van der Waals surface area contributed by atoms with Crippen molar-refractivity contribution in [1.82, 2.24) is 4.90 Å². The molecule has 1 N–H and O–H groups in total. The first-order valence-corrected chi connectivity index (χ1v) is 15.0. The van der Waals surface area contributed by atoms with Crippen molar-refractivity contribution in [3.8, 4) is 0 Å². The third-order valence-electron chi connectivity index (χ3n) is 6.93. The third-order valence-corrected chi connectivity index (χ3v) is 7.44. The summed E-state index contributed by atoms with van der Waals surface area (Å²) in [6, 6.07) is 27.0. The Kier molecular flexibility index (Phi) is 12.6. The van der Waals surface area contributed by atoms with Crippen LogP contribution in [-0.4, -0.2) is 51.8 Å². The van der Waals surface area contributed by atoms with Crippen LogP contribution in [0.4, 0.5) is 4.79 Å². The van der Waals surface area contributed by atoms with E-state index < -0.39 is 40.3 Å². The highest BCUT2D eigenvalue weighted by atomic mass is 35.6. The van der Waals surface area contributed by atoms with Gasteiger partial charge in [0, 0.05) is 11.5 Å². The van der Waals surface area contributed by atoms with E-state index in [4.69, 9.17) is 64.7 Å². The van der Waals surface area contributed by atoms with E-state index >= 15 is 0 Å². The van der Waals surface area contributed by atoms with Crippen molar-refractivity contribution >= 4 is 46.8 Å². The van der Waals surface area contributed by atoms with Crippen molar-refractivity contribution in [3.05, 3.63) is 118 Å². The number of benzene rings is 3. The standard InChI is InChI=1S/C31H32Cl3N5O5/c32-31(33,34)29(35)44-28-25(37-38-36)16-17-27(43-28)26(21-41-19-23-12-6-2-7-13-23)39(18-22-10-4-1-5-11-22)30(40)42-20-24-14-8-3-9-15-24/h1-15,25-28,35H,16-21H2/t25?,26-,27?,28?/m0/s1. The Hall–Kier alpha value is -3.50. The van der Waals surface area contributed by atoms with Crippen LogP contribution in [0.25, 0.3) is 10.4 Å². The van der Waals surface area contributed by atoms with Crippen molar-refractivity contribution in [2.45, 2.75) is 60.9 Å². The van der Waals surface area contributed by atoms with Gasteiger partial charge in [-0.1, -0.05) is 131 Å². The second-order valence-electron chi connectivity index (χ2n) is 10.1. The van der Waals surface area contributed by atoms with Crippen molar-refractivity contribution in [3.63, 3.8) is 0 Å². The van der Waals surface area contributed by atoms with Crippen LogP contribution >= 0.6 is 34.8 Å². The first kappa shape index (κ1) is 33.4. The number of ether oxygens (including phenoxy) is 4. The fraction of sp³-hybridized carbons (Fsp3) is 0.355.